The number of aryl methyl sites for hydroxylation is 1. The molecule has 1 atom stereocenters. The topological polar surface area (TPSA) is 32.5 Å². The van der Waals surface area contributed by atoms with E-state index < -0.39 is 0 Å². The zero-order chi connectivity index (χ0) is 14.5. The predicted octanol–water partition coefficient (Wildman–Crippen LogP) is 2.41. The molecule has 1 fully saturated rings. The summed E-state index contributed by atoms with van der Waals surface area (Å²) in [6.45, 7) is 12.6. The number of benzene rings is 1. The van der Waals surface area contributed by atoms with Crippen molar-refractivity contribution in [3.05, 3.63) is 35.4 Å². The van der Waals surface area contributed by atoms with Gasteiger partial charge in [0, 0.05) is 44.8 Å². The standard InChI is InChI=1S/C17H29N3/c1-14(2)20-12-10-19(11-13-20)9-8-17(18)16-7-5-4-6-15(16)3/h4-7,14,17H,8-13,18H2,1-3H3. The van der Waals surface area contributed by atoms with Gasteiger partial charge in [0.25, 0.3) is 0 Å². The second-order valence-electron chi connectivity index (χ2n) is 6.22. The molecule has 2 N–H and O–H groups in total. The molecule has 1 saturated heterocycles. The van der Waals surface area contributed by atoms with E-state index in [-0.39, 0.29) is 6.04 Å². The summed E-state index contributed by atoms with van der Waals surface area (Å²) in [6, 6.07) is 9.32. The number of nitrogens with zero attached hydrogens (tertiary/aromatic N) is 2. The molecule has 2 rings (SSSR count). The molecular formula is C17H29N3. The van der Waals surface area contributed by atoms with Crippen LogP contribution in [0.3, 0.4) is 0 Å². The molecule has 3 nitrogen and oxygen atoms in total. The van der Waals surface area contributed by atoms with Gasteiger partial charge < -0.3 is 10.6 Å². The predicted molar refractivity (Wildman–Crippen MR) is 85.9 cm³/mol. The lowest BCUT2D eigenvalue weighted by atomic mass is 9.99. The molecule has 0 aliphatic carbocycles. The maximum Gasteiger partial charge on any atom is 0.0309 e. The average Bonchev–Trinajstić information content (AvgIpc) is 2.45. The third kappa shape index (κ3) is 4.05. The Kier molecular flexibility index (Phi) is 5.58. The molecule has 0 radical (unpaired) electrons. The van der Waals surface area contributed by atoms with E-state index in [1.807, 2.05) is 0 Å². The fraction of sp³-hybridized carbons (Fsp3) is 0.647. The molecule has 0 spiro atoms. The van der Waals surface area contributed by atoms with Crippen molar-refractivity contribution < 1.29 is 0 Å². The Labute approximate surface area is 123 Å². The summed E-state index contributed by atoms with van der Waals surface area (Å²) in [5.74, 6) is 0. The molecule has 1 aromatic carbocycles. The van der Waals surface area contributed by atoms with Crippen molar-refractivity contribution in [3.63, 3.8) is 0 Å². The Morgan fingerprint density at radius 3 is 2.35 bits per heavy atom. The summed E-state index contributed by atoms with van der Waals surface area (Å²) < 4.78 is 0. The highest BCUT2D eigenvalue weighted by Gasteiger charge is 2.19. The molecule has 1 heterocycles. The number of hydrogen-bond donors (Lipinski definition) is 1. The van der Waals surface area contributed by atoms with Crippen LogP contribution in [-0.2, 0) is 0 Å². The smallest absolute Gasteiger partial charge is 0.0309 e. The van der Waals surface area contributed by atoms with Crippen molar-refractivity contribution in [1.29, 1.82) is 0 Å². The molecule has 1 aliphatic heterocycles. The van der Waals surface area contributed by atoms with Crippen molar-refractivity contribution >= 4 is 0 Å². The molecule has 0 aromatic heterocycles. The lowest BCUT2D eigenvalue weighted by Crippen LogP contribution is -2.49. The lowest BCUT2D eigenvalue weighted by Gasteiger charge is -2.37. The van der Waals surface area contributed by atoms with Crippen molar-refractivity contribution in [2.45, 2.75) is 39.3 Å². The summed E-state index contributed by atoms with van der Waals surface area (Å²) in [7, 11) is 0. The van der Waals surface area contributed by atoms with E-state index in [0.717, 1.165) is 13.0 Å². The lowest BCUT2D eigenvalue weighted by molar-refractivity contribution is 0.106. The normalized spacial score (nSPS) is 19.4. The van der Waals surface area contributed by atoms with Gasteiger partial charge in [-0.05, 0) is 38.3 Å². The van der Waals surface area contributed by atoms with Crippen LogP contribution in [0.25, 0.3) is 0 Å². The first kappa shape index (κ1) is 15.5. The monoisotopic (exact) mass is 275 g/mol. The van der Waals surface area contributed by atoms with E-state index in [1.54, 1.807) is 0 Å². The van der Waals surface area contributed by atoms with Gasteiger partial charge in [0.15, 0.2) is 0 Å². The molecule has 1 aliphatic rings. The number of hydrogen-bond acceptors (Lipinski definition) is 3. The molecule has 0 amide bonds. The third-order valence-corrected chi connectivity index (χ3v) is 4.48. The highest BCUT2D eigenvalue weighted by molar-refractivity contribution is 5.28. The van der Waals surface area contributed by atoms with Gasteiger partial charge in [0.1, 0.15) is 0 Å². The molecular weight excluding hydrogens is 246 g/mol. The van der Waals surface area contributed by atoms with Crippen LogP contribution in [0.15, 0.2) is 24.3 Å². The van der Waals surface area contributed by atoms with Gasteiger partial charge in [-0.3, -0.25) is 4.90 Å². The van der Waals surface area contributed by atoms with Crippen LogP contribution in [-0.4, -0.2) is 48.6 Å². The van der Waals surface area contributed by atoms with Crippen LogP contribution < -0.4 is 5.73 Å². The van der Waals surface area contributed by atoms with Gasteiger partial charge in [-0.2, -0.15) is 0 Å². The Hall–Kier alpha value is -0.900. The quantitative estimate of drug-likeness (QED) is 0.895. The van der Waals surface area contributed by atoms with E-state index in [1.165, 1.54) is 37.3 Å². The van der Waals surface area contributed by atoms with E-state index in [2.05, 4.69) is 54.8 Å². The molecule has 3 heteroatoms. The maximum atomic E-state index is 6.35. The second-order valence-corrected chi connectivity index (χ2v) is 6.22. The minimum atomic E-state index is 0.166. The van der Waals surface area contributed by atoms with Gasteiger partial charge in [-0.1, -0.05) is 24.3 Å². The first-order chi connectivity index (χ1) is 9.58. The SMILES string of the molecule is Cc1ccccc1C(N)CCN1CCN(C(C)C)CC1. The molecule has 20 heavy (non-hydrogen) atoms. The van der Waals surface area contributed by atoms with Crippen LogP contribution in [0, 0.1) is 6.92 Å². The molecule has 0 saturated carbocycles. The van der Waals surface area contributed by atoms with Crippen LogP contribution in [0.1, 0.15) is 37.4 Å². The van der Waals surface area contributed by atoms with Crippen molar-refractivity contribution in [3.8, 4) is 0 Å². The maximum absolute atomic E-state index is 6.35. The van der Waals surface area contributed by atoms with Crippen molar-refractivity contribution in [1.82, 2.24) is 9.80 Å². The third-order valence-electron chi connectivity index (χ3n) is 4.48. The van der Waals surface area contributed by atoms with E-state index in [0.29, 0.717) is 6.04 Å². The number of nitrogens with two attached hydrogens (primary N) is 1. The highest BCUT2D eigenvalue weighted by atomic mass is 15.3. The molecule has 112 valence electrons. The fourth-order valence-electron chi connectivity index (χ4n) is 2.98. The molecule has 1 aromatic rings. The minimum Gasteiger partial charge on any atom is -0.324 e. The number of piperazine rings is 1. The van der Waals surface area contributed by atoms with E-state index >= 15 is 0 Å². The minimum absolute atomic E-state index is 0.166. The van der Waals surface area contributed by atoms with Gasteiger partial charge >= 0.3 is 0 Å². The van der Waals surface area contributed by atoms with E-state index in [4.69, 9.17) is 5.73 Å². The summed E-state index contributed by atoms with van der Waals surface area (Å²) >= 11 is 0. The van der Waals surface area contributed by atoms with E-state index in [9.17, 15) is 0 Å². The van der Waals surface area contributed by atoms with Crippen molar-refractivity contribution in [2.75, 3.05) is 32.7 Å². The largest absolute Gasteiger partial charge is 0.324 e. The summed E-state index contributed by atoms with van der Waals surface area (Å²) in [6.07, 6.45) is 1.05. The zero-order valence-electron chi connectivity index (χ0n) is 13.2. The van der Waals surface area contributed by atoms with Crippen molar-refractivity contribution in [2.24, 2.45) is 5.73 Å². The first-order valence-electron chi connectivity index (χ1n) is 7.85. The Morgan fingerprint density at radius 2 is 1.75 bits per heavy atom. The average molecular weight is 275 g/mol. The zero-order valence-corrected chi connectivity index (χ0v) is 13.2. The Bertz CT molecular complexity index is 408. The van der Waals surface area contributed by atoms with Crippen LogP contribution in [0.5, 0.6) is 0 Å². The van der Waals surface area contributed by atoms with Crippen LogP contribution >= 0.6 is 0 Å². The van der Waals surface area contributed by atoms with Gasteiger partial charge in [-0.15, -0.1) is 0 Å². The first-order valence-corrected chi connectivity index (χ1v) is 7.85. The molecule has 1 unspecified atom stereocenters. The fourth-order valence-corrected chi connectivity index (χ4v) is 2.98. The van der Waals surface area contributed by atoms with Gasteiger partial charge in [-0.25, -0.2) is 0 Å². The second kappa shape index (κ2) is 7.21. The summed E-state index contributed by atoms with van der Waals surface area (Å²) in [5.41, 5.74) is 8.96. The Balaban J connectivity index is 1.78. The van der Waals surface area contributed by atoms with Crippen LogP contribution in [0.4, 0.5) is 0 Å². The van der Waals surface area contributed by atoms with Crippen LogP contribution in [0.2, 0.25) is 0 Å². The molecule has 0 bridgehead atoms. The number of rotatable bonds is 5. The van der Waals surface area contributed by atoms with Gasteiger partial charge in [0.2, 0.25) is 0 Å². The Morgan fingerprint density at radius 1 is 1.10 bits per heavy atom. The van der Waals surface area contributed by atoms with Gasteiger partial charge in [0.05, 0.1) is 0 Å². The highest BCUT2D eigenvalue weighted by Crippen LogP contribution is 2.18. The summed E-state index contributed by atoms with van der Waals surface area (Å²) in [5, 5.41) is 0. The summed E-state index contributed by atoms with van der Waals surface area (Å²) in [4.78, 5) is 5.11.